The molecule has 1 aromatic heterocycles. The largest absolute Gasteiger partial charge is 0.354 e. The molecule has 3 aromatic carbocycles. The Morgan fingerprint density at radius 2 is 1.67 bits per heavy atom. The summed E-state index contributed by atoms with van der Waals surface area (Å²) in [6, 6.07) is 19.1. The number of fused-ring (bicyclic) bond motifs is 1. The van der Waals surface area contributed by atoms with Gasteiger partial charge in [-0.25, -0.2) is 17.5 Å². The van der Waals surface area contributed by atoms with Gasteiger partial charge in [-0.3, -0.25) is 4.79 Å². The first-order chi connectivity index (χ1) is 18.6. The van der Waals surface area contributed by atoms with Gasteiger partial charge in [0.2, 0.25) is 15.9 Å². The number of sulfonamides is 1. The summed E-state index contributed by atoms with van der Waals surface area (Å²) in [7, 11) is -3.72. The fourth-order valence-corrected chi connectivity index (χ4v) is 6.70. The molecule has 5 rings (SSSR count). The quantitative estimate of drug-likeness (QED) is 0.253. The Balaban J connectivity index is 1.21. The van der Waals surface area contributed by atoms with Crippen LogP contribution in [-0.4, -0.2) is 25.4 Å². The summed E-state index contributed by atoms with van der Waals surface area (Å²) in [4.78, 5) is 16.4. The average Bonchev–Trinajstić information content (AvgIpc) is 3.34. The van der Waals surface area contributed by atoms with Gasteiger partial charge >= 0.3 is 0 Å². The minimum Gasteiger partial charge on any atom is -0.354 e. The number of hydrogen-bond donors (Lipinski definition) is 3. The normalized spacial score (nSPS) is 18.7. The number of carbonyl (C=O) groups excluding carboxylic acids is 1. The van der Waals surface area contributed by atoms with Crippen molar-refractivity contribution < 1.29 is 17.6 Å². The molecule has 1 atom stereocenters. The van der Waals surface area contributed by atoms with E-state index in [-0.39, 0.29) is 34.6 Å². The highest BCUT2D eigenvalue weighted by Gasteiger charge is 2.30. The van der Waals surface area contributed by atoms with Crippen LogP contribution in [0, 0.1) is 25.6 Å². The fourth-order valence-electron chi connectivity index (χ4n) is 5.37. The Morgan fingerprint density at radius 3 is 2.38 bits per heavy atom. The number of amides is 1. The van der Waals surface area contributed by atoms with Crippen molar-refractivity contribution in [1.82, 2.24) is 15.0 Å². The summed E-state index contributed by atoms with van der Waals surface area (Å²) in [5, 5.41) is 3.96. The van der Waals surface area contributed by atoms with Crippen LogP contribution in [0.1, 0.15) is 55.3 Å². The number of rotatable bonds is 7. The molecule has 8 heteroatoms. The van der Waals surface area contributed by atoms with Crippen LogP contribution >= 0.6 is 0 Å². The highest BCUT2D eigenvalue weighted by atomic mass is 32.2. The fraction of sp³-hybridized carbons (Fsp3) is 0.323. The average molecular weight is 548 g/mol. The van der Waals surface area contributed by atoms with Gasteiger partial charge in [0, 0.05) is 34.1 Å². The van der Waals surface area contributed by atoms with Gasteiger partial charge in [-0.1, -0.05) is 35.9 Å². The Hall–Kier alpha value is -3.49. The summed E-state index contributed by atoms with van der Waals surface area (Å²) in [6.07, 6.45) is 2.38. The lowest BCUT2D eigenvalue weighted by Crippen LogP contribution is -2.41. The highest BCUT2D eigenvalue weighted by molar-refractivity contribution is 7.89. The van der Waals surface area contributed by atoms with Gasteiger partial charge in [0.05, 0.1) is 10.9 Å². The number of aromatic nitrogens is 1. The van der Waals surface area contributed by atoms with Crippen molar-refractivity contribution in [2.75, 3.05) is 0 Å². The van der Waals surface area contributed by atoms with Crippen molar-refractivity contribution in [3.8, 4) is 11.3 Å². The zero-order valence-corrected chi connectivity index (χ0v) is 23.2. The van der Waals surface area contributed by atoms with Crippen molar-refractivity contribution in [3.63, 3.8) is 0 Å². The Labute approximate surface area is 229 Å². The summed E-state index contributed by atoms with van der Waals surface area (Å²) < 4.78 is 42.5. The first kappa shape index (κ1) is 27.1. The van der Waals surface area contributed by atoms with Crippen LogP contribution in [0.25, 0.3) is 22.2 Å². The van der Waals surface area contributed by atoms with Crippen molar-refractivity contribution in [2.45, 2.75) is 63.4 Å². The first-order valence-electron chi connectivity index (χ1n) is 13.4. The predicted octanol–water partition coefficient (Wildman–Crippen LogP) is 6.31. The number of halogens is 1. The van der Waals surface area contributed by atoms with E-state index >= 15 is 0 Å². The molecule has 0 aliphatic heterocycles. The van der Waals surface area contributed by atoms with Crippen LogP contribution in [0.15, 0.2) is 71.6 Å². The second kappa shape index (κ2) is 10.9. The molecule has 1 saturated carbocycles. The summed E-state index contributed by atoms with van der Waals surface area (Å²) in [6.45, 7) is 5.98. The van der Waals surface area contributed by atoms with Crippen LogP contribution in [0.3, 0.4) is 0 Å². The topological polar surface area (TPSA) is 91.1 Å². The lowest BCUT2D eigenvalue weighted by atomic mass is 9.85. The van der Waals surface area contributed by atoms with Crippen LogP contribution in [0.5, 0.6) is 0 Å². The van der Waals surface area contributed by atoms with E-state index in [0.29, 0.717) is 25.7 Å². The van der Waals surface area contributed by atoms with Crippen LogP contribution in [0.2, 0.25) is 0 Å². The first-order valence-corrected chi connectivity index (χ1v) is 14.9. The molecule has 3 N–H and O–H groups in total. The molecular formula is C31H34FN3O3S. The molecule has 1 amide bonds. The standard InChI is InChI=1S/C31H34FN3O3S/c1-19-4-5-20(2)28(16-19)30-17-24-10-15-27(18-29(24)34-30)39(37,38)35-26-13-8-23(9-14-26)31(36)33-21(3)22-6-11-25(32)12-7-22/h4-7,10-12,15-18,21,23,26,34-35H,8-9,13-14H2,1-3H3,(H,33,36)/t21-,23?,26?/m1/s1. The molecule has 39 heavy (non-hydrogen) atoms. The van der Waals surface area contributed by atoms with Crippen molar-refractivity contribution in [2.24, 2.45) is 5.92 Å². The molecular weight excluding hydrogens is 513 g/mol. The maximum absolute atomic E-state index is 13.2. The van der Waals surface area contributed by atoms with E-state index < -0.39 is 10.0 Å². The molecule has 1 aliphatic rings. The van der Waals surface area contributed by atoms with Crippen molar-refractivity contribution >= 4 is 26.8 Å². The van der Waals surface area contributed by atoms with Gasteiger partial charge in [-0.05, 0) is 94.0 Å². The number of aryl methyl sites for hydroxylation is 2. The lowest BCUT2D eigenvalue weighted by Gasteiger charge is -2.29. The van der Waals surface area contributed by atoms with Crippen LogP contribution < -0.4 is 10.0 Å². The number of aromatic amines is 1. The number of benzene rings is 3. The second-order valence-electron chi connectivity index (χ2n) is 10.7. The Morgan fingerprint density at radius 1 is 0.949 bits per heavy atom. The van der Waals surface area contributed by atoms with E-state index in [1.54, 1.807) is 24.3 Å². The third-order valence-electron chi connectivity index (χ3n) is 7.74. The monoisotopic (exact) mass is 547 g/mol. The number of nitrogens with one attached hydrogen (secondary N) is 3. The van der Waals surface area contributed by atoms with Gasteiger partial charge in [-0.2, -0.15) is 0 Å². The molecule has 6 nitrogen and oxygen atoms in total. The van der Waals surface area contributed by atoms with Gasteiger partial charge < -0.3 is 10.3 Å². The summed E-state index contributed by atoms with van der Waals surface area (Å²) in [5.74, 6) is -0.537. The van der Waals surface area contributed by atoms with Crippen LogP contribution in [0.4, 0.5) is 4.39 Å². The van der Waals surface area contributed by atoms with Crippen molar-refractivity contribution in [1.29, 1.82) is 0 Å². The molecule has 204 valence electrons. The third-order valence-corrected chi connectivity index (χ3v) is 9.25. The Bertz CT molecular complexity index is 1600. The molecule has 0 spiro atoms. The minimum absolute atomic E-state index is 0.0509. The Kier molecular flexibility index (Phi) is 7.60. The molecule has 1 aliphatic carbocycles. The maximum atomic E-state index is 13.2. The van der Waals surface area contributed by atoms with E-state index in [9.17, 15) is 17.6 Å². The molecule has 4 aromatic rings. The minimum atomic E-state index is -3.72. The van der Waals surface area contributed by atoms with E-state index in [4.69, 9.17) is 0 Å². The smallest absolute Gasteiger partial charge is 0.240 e. The maximum Gasteiger partial charge on any atom is 0.240 e. The third kappa shape index (κ3) is 6.07. The molecule has 1 heterocycles. The van der Waals surface area contributed by atoms with E-state index in [2.05, 4.69) is 47.1 Å². The van der Waals surface area contributed by atoms with E-state index in [1.165, 1.54) is 12.1 Å². The highest BCUT2D eigenvalue weighted by Crippen LogP contribution is 2.30. The molecule has 0 bridgehead atoms. The number of carbonyl (C=O) groups is 1. The zero-order valence-electron chi connectivity index (χ0n) is 22.4. The predicted molar refractivity (Wildman–Crippen MR) is 152 cm³/mol. The van der Waals surface area contributed by atoms with E-state index in [0.717, 1.165) is 38.9 Å². The van der Waals surface area contributed by atoms with Gasteiger partial charge in [0.25, 0.3) is 0 Å². The molecule has 1 fully saturated rings. The second-order valence-corrected chi connectivity index (χ2v) is 12.4. The van der Waals surface area contributed by atoms with Gasteiger partial charge in [0.15, 0.2) is 0 Å². The number of hydrogen-bond acceptors (Lipinski definition) is 3. The summed E-state index contributed by atoms with van der Waals surface area (Å²) in [5.41, 5.74) is 5.98. The molecule has 0 saturated heterocycles. The van der Waals surface area contributed by atoms with Crippen molar-refractivity contribution in [3.05, 3.63) is 89.2 Å². The SMILES string of the molecule is Cc1ccc(C)c(-c2cc3ccc(S(=O)(=O)NC4CCC(C(=O)N[C@H](C)c5ccc(F)cc5)CC4)cc3[nH]2)c1. The number of H-pyrrole nitrogens is 1. The molecule has 0 radical (unpaired) electrons. The molecule has 0 unspecified atom stereocenters. The summed E-state index contributed by atoms with van der Waals surface area (Å²) >= 11 is 0. The van der Waals surface area contributed by atoms with E-state index in [1.807, 2.05) is 19.1 Å². The van der Waals surface area contributed by atoms with Gasteiger partial charge in [-0.15, -0.1) is 0 Å². The lowest BCUT2D eigenvalue weighted by molar-refractivity contribution is -0.126. The zero-order chi connectivity index (χ0) is 27.7. The van der Waals surface area contributed by atoms with Gasteiger partial charge in [0.1, 0.15) is 5.82 Å². The van der Waals surface area contributed by atoms with Crippen LogP contribution in [-0.2, 0) is 14.8 Å².